The van der Waals surface area contributed by atoms with Crippen molar-refractivity contribution in [2.45, 2.75) is 13.1 Å². The Labute approximate surface area is 91.9 Å². The van der Waals surface area contributed by atoms with E-state index in [2.05, 4.69) is 20.9 Å². The van der Waals surface area contributed by atoms with E-state index in [1.807, 2.05) is 0 Å². The molecule has 2 aromatic rings. The summed E-state index contributed by atoms with van der Waals surface area (Å²) in [5.74, 6) is 0. The number of alkyl halides is 3. The van der Waals surface area contributed by atoms with Gasteiger partial charge < -0.3 is 4.40 Å². The maximum atomic E-state index is 12.5. The van der Waals surface area contributed by atoms with E-state index in [0.717, 1.165) is 0 Å². The van der Waals surface area contributed by atoms with E-state index in [4.69, 9.17) is 0 Å². The van der Waals surface area contributed by atoms with Gasteiger partial charge in [0.2, 0.25) is 0 Å². The van der Waals surface area contributed by atoms with Crippen LogP contribution >= 0.6 is 15.9 Å². The third kappa shape index (κ3) is 1.62. The first-order chi connectivity index (χ1) is 6.91. The SMILES string of the molecule is Cc1c(C(F)(F)F)nc2c(Br)cccn12. The van der Waals surface area contributed by atoms with Crippen molar-refractivity contribution in [2.75, 3.05) is 0 Å². The van der Waals surface area contributed by atoms with E-state index in [9.17, 15) is 13.2 Å². The average Bonchev–Trinajstić information content (AvgIpc) is 2.45. The van der Waals surface area contributed by atoms with E-state index in [1.165, 1.54) is 11.3 Å². The minimum Gasteiger partial charge on any atom is -0.303 e. The molecule has 0 amide bonds. The molecule has 0 radical (unpaired) electrons. The van der Waals surface area contributed by atoms with Gasteiger partial charge in [-0.3, -0.25) is 0 Å². The molecule has 80 valence electrons. The molecule has 2 nitrogen and oxygen atoms in total. The van der Waals surface area contributed by atoms with E-state index in [-0.39, 0.29) is 11.3 Å². The number of hydrogen-bond donors (Lipinski definition) is 0. The fourth-order valence-corrected chi connectivity index (χ4v) is 1.85. The lowest BCUT2D eigenvalue weighted by Crippen LogP contribution is -2.07. The van der Waals surface area contributed by atoms with Gasteiger partial charge in [-0.1, -0.05) is 0 Å². The summed E-state index contributed by atoms with van der Waals surface area (Å²) >= 11 is 3.16. The van der Waals surface area contributed by atoms with Gasteiger partial charge in [-0.25, -0.2) is 4.98 Å². The highest BCUT2D eigenvalue weighted by atomic mass is 79.9. The van der Waals surface area contributed by atoms with Crippen LogP contribution in [0.3, 0.4) is 0 Å². The van der Waals surface area contributed by atoms with Gasteiger partial charge in [-0.2, -0.15) is 13.2 Å². The standard InChI is InChI=1S/C9H6BrF3N2/c1-5-7(9(11,12)13)14-8-6(10)3-2-4-15(5)8/h2-4H,1H3. The molecule has 0 atom stereocenters. The van der Waals surface area contributed by atoms with E-state index >= 15 is 0 Å². The third-order valence-electron chi connectivity index (χ3n) is 2.11. The number of imidazole rings is 1. The Hall–Kier alpha value is -1.04. The summed E-state index contributed by atoms with van der Waals surface area (Å²) in [5.41, 5.74) is -0.462. The van der Waals surface area contributed by atoms with Crippen molar-refractivity contribution in [1.29, 1.82) is 0 Å². The van der Waals surface area contributed by atoms with Crippen LogP contribution in [-0.2, 0) is 6.18 Å². The molecule has 6 heteroatoms. The number of nitrogens with zero attached hydrogens (tertiary/aromatic N) is 2. The van der Waals surface area contributed by atoms with Crippen LogP contribution < -0.4 is 0 Å². The molecule has 2 heterocycles. The summed E-state index contributed by atoms with van der Waals surface area (Å²) in [7, 11) is 0. The Kier molecular flexibility index (Phi) is 2.26. The number of aryl methyl sites for hydroxylation is 1. The summed E-state index contributed by atoms with van der Waals surface area (Å²) < 4.78 is 39.5. The van der Waals surface area contributed by atoms with Crippen LogP contribution in [0, 0.1) is 6.92 Å². The molecule has 0 saturated heterocycles. The van der Waals surface area contributed by atoms with E-state index in [1.54, 1.807) is 18.3 Å². The molecule has 15 heavy (non-hydrogen) atoms. The lowest BCUT2D eigenvalue weighted by molar-refractivity contribution is -0.141. The fraction of sp³-hybridized carbons (Fsp3) is 0.222. The van der Waals surface area contributed by atoms with Gasteiger partial charge in [0.15, 0.2) is 11.3 Å². The molecular weight excluding hydrogens is 273 g/mol. The molecule has 2 aromatic heterocycles. The highest BCUT2D eigenvalue weighted by molar-refractivity contribution is 9.10. The highest BCUT2D eigenvalue weighted by Gasteiger charge is 2.36. The Morgan fingerprint density at radius 2 is 2.07 bits per heavy atom. The van der Waals surface area contributed by atoms with Gasteiger partial charge in [0, 0.05) is 6.20 Å². The van der Waals surface area contributed by atoms with Crippen molar-refractivity contribution < 1.29 is 13.2 Å². The van der Waals surface area contributed by atoms with Crippen LogP contribution in [0.1, 0.15) is 11.4 Å². The van der Waals surface area contributed by atoms with Gasteiger partial charge in [0.1, 0.15) is 0 Å². The van der Waals surface area contributed by atoms with Crippen LogP contribution in [0.15, 0.2) is 22.8 Å². The zero-order chi connectivity index (χ0) is 11.2. The smallest absolute Gasteiger partial charge is 0.303 e. The number of hydrogen-bond acceptors (Lipinski definition) is 1. The molecule has 0 aromatic carbocycles. The first kappa shape index (κ1) is 10.5. The number of pyridine rings is 1. The van der Waals surface area contributed by atoms with Gasteiger partial charge >= 0.3 is 6.18 Å². The Morgan fingerprint density at radius 3 is 2.60 bits per heavy atom. The van der Waals surface area contributed by atoms with Crippen LogP contribution in [0.2, 0.25) is 0 Å². The first-order valence-corrected chi connectivity index (χ1v) is 4.91. The molecule has 0 bridgehead atoms. The highest BCUT2D eigenvalue weighted by Crippen LogP contribution is 2.32. The van der Waals surface area contributed by atoms with Crippen molar-refractivity contribution >= 4 is 21.6 Å². The molecule has 2 rings (SSSR count). The lowest BCUT2D eigenvalue weighted by Gasteiger charge is -2.02. The number of halogens is 4. The maximum Gasteiger partial charge on any atom is 0.435 e. The number of rotatable bonds is 0. The Bertz CT molecular complexity index is 516. The van der Waals surface area contributed by atoms with Gasteiger partial charge in [-0.05, 0) is 35.0 Å². The minimum atomic E-state index is -4.41. The van der Waals surface area contributed by atoms with Gasteiger partial charge in [-0.15, -0.1) is 0 Å². The molecule has 0 aliphatic rings. The molecule has 0 aliphatic carbocycles. The molecule has 0 aliphatic heterocycles. The molecule has 0 unspecified atom stereocenters. The fourth-order valence-electron chi connectivity index (χ4n) is 1.42. The summed E-state index contributed by atoms with van der Waals surface area (Å²) in [6.07, 6.45) is -2.85. The summed E-state index contributed by atoms with van der Waals surface area (Å²) in [6.45, 7) is 1.40. The van der Waals surface area contributed by atoms with Crippen molar-refractivity contribution in [3.63, 3.8) is 0 Å². The number of fused-ring (bicyclic) bond motifs is 1. The van der Waals surface area contributed by atoms with Gasteiger partial charge in [0.05, 0.1) is 10.2 Å². The van der Waals surface area contributed by atoms with Crippen LogP contribution in [-0.4, -0.2) is 9.38 Å². The predicted molar refractivity (Wildman–Crippen MR) is 52.6 cm³/mol. The lowest BCUT2D eigenvalue weighted by atomic mass is 10.3. The average molecular weight is 279 g/mol. The zero-order valence-electron chi connectivity index (χ0n) is 7.64. The Balaban J connectivity index is 2.81. The molecule has 0 N–H and O–H groups in total. The summed E-state index contributed by atoms with van der Waals surface area (Å²) in [5, 5.41) is 0. The van der Waals surface area contributed by atoms with Crippen LogP contribution in [0.25, 0.3) is 5.65 Å². The van der Waals surface area contributed by atoms with E-state index in [0.29, 0.717) is 4.47 Å². The molecular formula is C9H6BrF3N2. The monoisotopic (exact) mass is 278 g/mol. The van der Waals surface area contributed by atoms with Gasteiger partial charge in [0.25, 0.3) is 0 Å². The summed E-state index contributed by atoms with van der Waals surface area (Å²) in [6, 6.07) is 3.31. The first-order valence-electron chi connectivity index (χ1n) is 4.11. The summed E-state index contributed by atoms with van der Waals surface area (Å²) in [4.78, 5) is 3.57. The second-order valence-electron chi connectivity index (χ2n) is 3.09. The Morgan fingerprint density at radius 1 is 1.40 bits per heavy atom. The van der Waals surface area contributed by atoms with Crippen molar-refractivity contribution in [1.82, 2.24) is 9.38 Å². The predicted octanol–water partition coefficient (Wildman–Crippen LogP) is 3.42. The van der Waals surface area contributed by atoms with E-state index < -0.39 is 11.9 Å². The topological polar surface area (TPSA) is 17.3 Å². The molecule has 0 spiro atoms. The second-order valence-corrected chi connectivity index (χ2v) is 3.95. The maximum absolute atomic E-state index is 12.5. The van der Waals surface area contributed by atoms with Crippen LogP contribution in [0.4, 0.5) is 13.2 Å². The van der Waals surface area contributed by atoms with Crippen molar-refractivity contribution in [3.8, 4) is 0 Å². The largest absolute Gasteiger partial charge is 0.435 e. The quantitative estimate of drug-likeness (QED) is 0.722. The second kappa shape index (κ2) is 3.23. The zero-order valence-corrected chi connectivity index (χ0v) is 9.22. The van der Waals surface area contributed by atoms with Crippen molar-refractivity contribution in [3.05, 3.63) is 34.2 Å². The van der Waals surface area contributed by atoms with Crippen molar-refractivity contribution in [2.24, 2.45) is 0 Å². The molecule has 0 saturated carbocycles. The number of aromatic nitrogens is 2. The normalized spacial score (nSPS) is 12.3. The minimum absolute atomic E-state index is 0.0961. The third-order valence-corrected chi connectivity index (χ3v) is 2.73. The van der Waals surface area contributed by atoms with Crippen LogP contribution in [0.5, 0.6) is 0 Å². The molecule has 0 fully saturated rings.